The van der Waals surface area contributed by atoms with E-state index in [1.54, 1.807) is 320 Å². The Bertz CT molecular complexity index is 7140. The van der Waals surface area contributed by atoms with Crippen molar-refractivity contribution in [2.24, 2.45) is 0 Å². The van der Waals surface area contributed by atoms with E-state index in [1.165, 1.54) is 5.56 Å². The molecule has 0 bridgehead atoms. The first-order valence-electron chi connectivity index (χ1n) is 25.6. The Balaban J connectivity index is 1.20. The lowest BCUT2D eigenvalue weighted by Crippen LogP contribution is -2.38. The molecule has 0 saturated carbocycles. The summed E-state index contributed by atoms with van der Waals surface area (Å²) in [6, 6.07) is 9.35. The lowest BCUT2D eigenvalue weighted by atomic mass is 9.55. The number of hydrogen-bond donors (Lipinski definition) is 0. The fourth-order valence-corrected chi connectivity index (χ4v) is 24.6. The van der Waals surface area contributed by atoms with Crippen LogP contribution in [0.4, 0.5) is 0 Å². The second-order valence-corrected chi connectivity index (χ2v) is 25.2. The molecule has 0 unspecified atom stereocenters. The Labute approximate surface area is 375 Å². The van der Waals surface area contributed by atoms with Crippen molar-refractivity contribution in [3.05, 3.63) is 57.6 Å². The molecule has 0 atom stereocenters. The lowest BCUT2D eigenvalue weighted by Gasteiger charge is -2.46. The first kappa shape index (κ1) is 25.5. The molecular formula is C68H8O. The van der Waals surface area contributed by atoms with Gasteiger partial charge in [0.25, 0.3) is 0 Å². The van der Waals surface area contributed by atoms with Crippen LogP contribution in [0.5, 0.6) is 0 Å². The maximum absolute atomic E-state index is 13.3. The molecule has 4 aliphatic carbocycles. The highest BCUT2D eigenvalue weighted by Gasteiger charge is 2.63. The highest BCUT2D eigenvalue weighted by Crippen LogP contribution is 2.84. The molecule has 1 heteroatoms. The lowest BCUT2D eigenvalue weighted by molar-refractivity contribution is 0.101. The summed E-state index contributed by atoms with van der Waals surface area (Å²) in [4.78, 5) is 13.3. The summed E-state index contributed by atoms with van der Waals surface area (Å²) in [5.41, 5.74) is 8.47. The van der Waals surface area contributed by atoms with Crippen LogP contribution in [0.3, 0.4) is 0 Å². The predicted molar refractivity (Wildman–Crippen MR) is 290 cm³/mol. The van der Waals surface area contributed by atoms with E-state index in [0.29, 0.717) is 0 Å². The third-order valence-corrected chi connectivity index (χ3v) is 24.9. The van der Waals surface area contributed by atoms with Crippen molar-refractivity contribution in [2.75, 3.05) is 0 Å². The SMILES string of the molecule is CC(=O)c1ccc(C23c4c5c6c7c8c9c(c%10c%11c2c2c4c4c%12c5c5c6c6c8c8c%13c9c9c%10c%10c%11c%11c2c2c4c4c%12c%12c5c5c6c8c6c8c%13c9c9c%10c%10c%11c2c2c4c4c%12c5c6c5c8c9c%10c2c45)C73)cc1. The largest absolute Gasteiger partial charge is 0.295 e. The van der Waals surface area contributed by atoms with E-state index in [2.05, 4.69) is 24.3 Å². The third-order valence-electron chi connectivity index (χ3n) is 24.9. The van der Waals surface area contributed by atoms with E-state index in [4.69, 9.17) is 0 Å². The van der Waals surface area contributed by atoms with Gasteiger partial charge in [-0.25, -0.2) is 0 Å². The van der Waals surface area contributed by atoms with Crippen LogP contribution in [0.15, 0.2) is 24.3 Å². The first-order valence-corrected chi connectivity index (χ1v) is 25.6. The fourth-order valence-electron chi connectivity index (χ4n) is 24.6. The third kappa shape index (κ3) is 1.37. The monoisotopic (exact) mass is 840 g/mol. The molecule has 0 aliphatic heterocycles. The van der Waals surface area contributed by atoms with Gasteiger partial charge in [0.2, 0.25) is 0 Å². The van der Waals surface area contributed by atoms with Crippen molar-refractivity contribution >= 4 is 297 Å². The van der Waals surface area contributed by atoms with Gasteiger partial charge in [-0.2, -0.15) is 0 Å². The normalized spacial score (nSPS) is 20.8. The summed E-state index contributed by atoms with van der Waals surface area (Å²) in [7, 11) is 0. The maximum atomic E-state index is 13.3. The van der Waals surface area contributed by atoms with Gasteiger partial charge in [-0.3, -0.25) is 4.79 Å². The number of benzene rings is 19. The van der Waals surface area contributed by atoms with Crippen molar-refractivity contribution in [1.29, 1.82) is 0 Å². The topological polar surface area (TPSA) is 17.1 Å². The number of carbonyl (C=O) groups is 1. The van der Waals surface area contributed by atoms with Gasteiger partial charge in [0.15, 0.2) is 5.78 Å². The van der Waals surface area contributed by atoms with Crippen LogP contribution < -0.4 is 0 Å². The zero-order chi connectivity index (χ0) is 41.1. The highest BCUT2D eigenvalue weighted by molar-refractivity contribution is 6.82. The molecule has 29 aromatic carbocycles. The van der Waals surface area contributed by atoms with Crippen LogP contribution in [0, 0.1) is 0 Å². The summed E-state index contributed by atoms with van der Waals surface area (Å²) in [6.07, 6.45) is 0. The van der Waals surface area contributed by atoms with Crippen LogP contribution in [-0.2, 0) is 5.41 Å². The number of Topliss-reactive ketones (excluding diaryl/α,β-unsaturated/α-hetero) is 1. The molecule has 0 heterocycles. The Hall–Kier alpha value is -8.65. The number of ketones is 1. The molecule has 0 saturated heterocycles. The molecule has 286 valence electrons. The average molecular weight is 841 g/mol. The van der Waals surface area contributed by atoms with Gasteiger partial charge in [-0.15, -0.1) is 0 Å². The van der Waals surface area contributed by atoms with Crippen LogP contribution in [0.2, 0.25) is 0 Å². The van der Waals surface area contributed by atoms with Crippen molar-refractivity contribution in [3.8, 4) is 0 Å². The standard InChI is InChI=1S/C68H8O/c1-6(69)7-2-4-8(5-3-7)68-65-61-55-41-33-25-13-10-9-11-14(13)26-28-24-18(11)20-16-12(9)15-19-17(10)23-27(25)39(41)47-45-31(23)29(19)37-35-21(15)22(16)36-38-30(20)32(24)46-48-40(28)42(34(26)33)56(55)62(65)58(48)60-52(46)50(38)54-44(36)43(35)53-49(37)51(45)59(57(47)61)66(68)63(53)64(54)67(60)68/h2-5,65H,1H3. The van der Waals surface area contributed by atoms with Crippen LogP contribution in [-0.4, -0.2) is 5.78 Å². The number of hydrogen-bond acceptors (Lipinski definition) is 1. The van der Waals surface area contributed by atoms with Crippen molar-refractivity contribution in [2.45, 2.75) is 18.3 Å². The molecule has 4 aliphatic rings. The Kier molecular flexibility index (Phi) is 2.13. The summed E-state index contributed by atoms with van der Waals surface area (Å²) in [5, 5.41) is 88.1. The fraction of sp³-hybridized carbons (Fsp3) is 0.0441. The number of rotatable bonds is 2. The quantitative estimate of drug-likeness (QED) is 0.125. The molecule has 0 amide bonds. The van der Waals surface area contributed by atoms with E-state index in [1.807, 2.05) is 0 Å². The Morgan fingerprint density at radius 2 is 0.435 bits per heavy atom. The van der Waals surface area contributed by atoms with E-state index in [0.717, 1.165) is 5.56 Å². The summed E-state index contributed by atoms with van der Waals surface area (Å²) in [5.74, 6) is 0.311. The Morgan fingerprint density at radius 3 is 0.652 bits per heavy atom. The van der Waals surface area contributed by atoms with E-state index < -0.39 is 5.41 Å². The second-order valence-electron chi connectivity index (χ2n) is 25.2. The molecule has 0 N–H and O–H groups in total. The average Bonchev–Trinajstić information content (AvgIpc) is 4.25. The van der Waals surface area contributed by atoms with Gasteiger partial charge in [-0.1, -0.05) is 24.3 Å². The summed E-state index contributed by atoms with van der Waals surface area (Å²) < 4.78 is 0. The molecule has 29 aromatic rings. The van der Waals surface area contributed by atoms with Crippen molar-refractivity contribution in [3.63, 3.8) is 0 Å². The molecule has 33 rings (SSSR count). The zero-order valence-electron chi connectivity index (χ0n) is 35.3. The summed E-state index contributed by atoms with van der Waals surface area (Å²) in [6.45, 7) is 1.75. The molecule has 0 spiro atoms. The maximum Gasteiger partial charge on any atom is 0.159 e. The van der Waals surface area contributed by atoms with Crippen molar-refractivity contribution < 1.29 is 4.79 Å². The van der Waals surface area contributed by atoms with Crippen LogP contribution in [0.1, 0.15) is 51.0 Å². The Morgan fingerprint density at radius 1 is 0.261 bits per heavy atom. The van der Waals surface area contributed by atoms with E-state index in [-0.39, 0.29) is 11.7 Å². The minimum Gasteiger partial charge on any atom is -0.295 e. The first-order chi connectivity index (χ1) is 34.3. The molecule has 0 aromatic heterocycles. The van der Waals surface area contributed by atoms with Gasteiger partial charge < -0.3 is 0 Å². The molecular weight excluding hydrogens is 833 g/mol. The highest BCUT2D eigenvalue weighted by atomic mass is 16.1. The van der Waals surface area contributed by atoms with Crippen molar-refractivity contribution in [1.82, 2.24) is 0 Å². The van der Waals surface area contributed by atoms with Crippen LogP contribution in [0.25, 0.3) is 291 Å². The zero-order valence-corrected chi connectivity index (χ0v) is 35.3. The molecule has 0 fully saturated rings. The smallest absolute Gasteiger partial charge is 0.159 e. The van der Waals surface area contributed by atoms with Gasteiger partial charge in [0.1, 0.15) is 0 Å². The van der Waals surface area contributed by atoms with Gasteiger partial charge in [0.05, 0.1) is 5.41 Å². The van der Waals surface area contributed by atoms with E-state index in [9.17, 15) is 4.79 Å². The molecule has 69 heavy (non-hydrogen) atoms. The van der Waals surface area contributed by atoms with Crippen LogP contribution >= 0.6 is 0 Å². The summed E-state index contributed by atoms with van der Waals surface area (Å²) >= 11 is 0. The minimum atomic E-state index is -0.430. The molecule has 1 nitrogen and oxygen atoms in total. The number of carbonyl (C=O) groups excluding carboxylic acids is 1. The predicted octanol–water partition coefficient (Wildman–Crippen LogP) is 18.4. The minimum absolute atomic E-state index is 0.153. The second kappa shape index (κ2) is 5.76. The van der Waals surface area contributed by atoms with Gasteiger partial charge in [0, 0.05) is 11.5 Å². The molecule has 0 radical (unpaired) electrons. The van der Waals surface area contributed by atoms with E-state index >= 15 is 0 Å². The van der Waals surface area contributed by atoms with Gasteiger partial charge >= 0.3 is 0 Å². The van der Waals surface area contributed by atoms with Gasteiger partial charge in [-0.05, 0) is 326 Å².